The molecule has 2 aromatic carbocycles. The lowest BCUT2D eigenvalue weighted by Crippen LogP contribution is -2.06. The Morgan fingerprint density at radius 3 is 2.55 bits per heavy atom. The molecule has 0 amide bonds. The van der Waals surface area contributed by atoms with Crippen molar-refractivity contribution >= 4 is 0 Å². The standard InChI is InChI=1S/C17H21NO2/c1-14-6-2-3-9-17(14)20-11-5-10-19-16-8-4-7-15(12-16)13-18/h2-4,6-9,12H,5,10-11,13,18H2,1H3. The molecule has 0 saturated heterocycles. The number of para-hydroxylation sites is 1. The van der Waals surface area contributed by atoms with Crippen molar-refractivity contribution in [1.29, 1.82) is 0 Å². The molecular formula is C17H21NO2. The van der Waals surface area contributed by atoms with E-state index in [0.29, 0.717) is 19.8 Å². The van der Waals surface area contributed by atoms with Gasteiger partial charge in [0.2, 0.25) is 0 Å². The molecule has 0 aliphatic heterocycles. The first kappa shape index (κ1) is 14.4. The Hall–Kier alpha value is -2.00. The maximum absolute atomic E-state index is 5.72. The van der Waals surface area contributed by atoms with E-state index < -0.39 is 0 Å². The van der Waals surface area contributed by atoms with Crippen LogP contribution >= 0.6 is 0 Å². The Kier molecular flexibility index (Phi) is 5.44. The highest BCUT2D eigenvalue weighted by Crippen LogP contribution is 2.16. The van der Waals surface area contributed by atoms with E-state index >= 15 is 0 Å². The van der Waals surface area contributed by atoms with Gasteiger partial charge in [0.1, 0.15) is 11.5 Å². The second-order valence-electron chi connectivity index (χ2n) is 4.67. The van der Waals surface area contributed by atoms with E-state index in [1.54, 1.807) is 0 Å². The minimum absolute atomic E-state index is 0.535. The van der Waals surface area contributed by atoms with Crippen molar-refractivity contribution in [2.75, 3.05) is 13.2 Å². The maximum Gasteiger partial charge on any atom is 0.122 e. The van der Waals surface area contributed by atoms with E-state index in [2.05, 4.69) is 0 Å². The van der Waals surface area contributed by atoms with Crippen molar-refractivity contribution < 1.29 is 9.47 Å². The summed E-state index contributed by atoms with van der Waals surface area (Å²) in [5.74, 6) is 1.81. The van der Waals surface area contributed by atoms with Gasteiger partial charge in [-0.1, -0.05) is 30.3 Å². The summed E-state index contributed by atoms with van der Waals surface area (Å²) in [6.07, 6.45) is 0.848. The van der Waals surface area contributed by atoms with Gasteiger partial charge in [-0.3, -0.25) is 0 Å². The van der Waals surface area contributed by atoms with Crippen LogP contribution in [0.15, 0.2) is 48.5 Å². The molecule has 0 heterocycles. The third kappa shape index (κ3) is 4.28. The van der Waals surface area contributed by atoms with E-state index in [9.17, 15) is 0 Å². The molecule has 0 aliphatic rings. The predicted octanol–water partition coefficient (Wildman–Crippen LogP) is 3.30. The summed E-state index contributed by atoms with van der Waals surface area (Å²) in [6, 6.07) is 15.9. The smallest absolute Gasteiger partial charge is 0.122 e. The van der Waals surface area contributed by atoms with Gasteiger partial charge in [0.25, 0.3) is 0 Å². The van der Waals surface area contributed by atoms with Crippen molar-refractivity contribution in [2.45, 2.75) is 19.9 Å². The Labute approximate surface area is 120 Å². The molecule has 20 heavy (non-hydrogen) atoms. The number of ether oxygens (including phenoxy) is 2. The molecule has 3 nitrogen and oxygen atoms in total. The zero-order valence-corrected chi connectivity index (χ0v) is 11.8. The highest BCUT2D eigenvalue weighted by Gasteiger charge is 1.99. The average Bonchev–Trinajstić information content (AvgIpc) is 2.49. The van der Waals surface area contributed by atoms with Crippen LogP contribution in [0.4, 0.5) is 0 Å². The van der Waals surface area contributed by atoms with Gasteiger partial charge in [-0.25, -0.2) is 0 Å². The molecule has 0 saturated carbocycles. The molecule has 106 valence electrons. The number of aryl methyl sites for hydroxylation is 1. The number of rotatable bonds is 7. The third-order valence-electron chi connectivity index (χ3n) is 3.04. The number of benzene rings is 2. The van der Waals surface area contributed by atoms with E-state index in [0.717, 1.165) is 29.0 Å². The lowest BCUT2D eigenvalue weighted by Gasteiger charge is -2.10. The number of hydrogen-bond donors (Lipinski definition) is 1. The molecule has 2 rings (SSSR count). The summed E-state index contributed by atoms with van der Waals surface area (Å²) in [7, 11) is 0. The summed E-state index contributed by atoms with van der Waals surface area (Å²) in [5, 5.41) is 0. The monoisotopic (exact) mass is 271 g/mol. The molecule has 2 aromatic rings. The normalized spacial score (nSPS) is 10.3. The van der Waals surface area contributed by atoms with Gasteiger partial charge in [-0.2, -0.15) is 0 Å². The summed E-state index contributed by atoms with van der Waals surface area (Å²) in [5.41, 5.74) is 7.84. The molecule has 0 spiro atoms. The van der Waals surface area contributed by atoms with Gasteiger partial charge >= 0.3 is 0 Å². The third-order valence-corrected chi connectivity index (χ3v) is 3.04. The maximum atomic E-state index is 5.72. The molecule has 0 fully saturated rings. The average molecular weight is 271 g/mol. The van der Waals surface area contributed by atoms with Gasteiger partial charge in [0.15, 0.2) is 0 Å². The molecule has 0 unspecified atom stereocenters. The van der Waals surface area contributed by atoms with Crippen LogP contribution in [-0.4, -0.2) is 13.2 Å². The SMILES string of the molecule is Cc1ccccc1OCCCOc1cccc(CN)c1. The molecule has 3 heteroatoms. The molecular weight excluding hydrogens is 250 g/mol. The van der Waals surface area contributed by atoms with Crippen molar-refractivity contribution in [3.05, 3.63) is 59.7 Å². The second-order valence-corrected chi connectivity index (χ2v) is 4.67. The summed E-state index contributed by atoms with van der Waals surface area (Å²) < 4.78 is 11.4. The van der Waals surface area contributed by atoms with Crippen LogP contribution in [0.5, 0.6) is 11.5 Å². The van der Waals surface area contributed by atoms with E-state index in [1.165, 1.54) is 0 Å². The van der Waals surface area contributed by atoms with Crippen molar-refractivity contribution in [3.63, 3.8) is 0 Å². The molecule has 0 aliphatic carbocycles. The van der Waals surface area contributed by atoms with E-state index in [-0.39, 0.29) is 0 Å². The van der Waals surface area contributed by atoms with Crippen molar-refractivity contribution in [3.8, 4) is 11.5 Å². The van der Waals surface area contributed by atoms with Gasteiger partial charge in [-0.15, -0.1) is 0 Å². The lowest BCUT2D eigenvalue weighted by atomic mass is 10.2. The van der Waals surface area contributed by atoms with Crippen LogP contribution in [0.2, 0.25) is 0 Å². The Morgan fingerprint density at radius 2 is 1.75 bits per heavy atom. The zero-order valence-electron chi connectivity index (χ0n) is 11.8. The lowest BCUT2D eigenvalue weighted by molar-refractivity contribution is 0.246. The first-order valence-electron chi connectivity index (χ1n) is 6.90. The van der Waals surface area contributed by atoms with Gasteiger partial charge in [0.05, 0.1) is 13.2 Å². The summed E-state index contributed by atoms with van der Waals surface area (Å²) >= 11 is 0. The second kappa shape index (κ2) is 7.56. The van der Waals surface area contributed by atoms with E-state index in [4.69, 9.17) is 15.2 Å². The summed E-state index contributed by atoms with van der Waals surface area (Å²) in [6.45, 7) is 3.87. The minimum Gasteiger partial charge on any atom is -0.493 e. The first-order chi connectivity index (χ1) is 9.79. The first-order valence-corrected chi connectivity index (χ1v) is 6.90. The van der Waals surface area contributed by atoms with Crippen LogP contribution in [0.25, 0.3) is 0 Å². The fourth-order valence-electron chi connectivity index (χ4n) is 1.91. The summed E-state index contributed by atoms with van der Waals surface area (Å²) in [4.78, 5) is 0. The highest BCUT2D eigenvalue weighted by atomic mass is 16.5. The molecule has 0 aromatic heterocycles. The largest absolute Gasteiger partial charge is 0.493 e. The highest BCUT2D eigenvalue weighted by molar-refractivity contribution is 5.31. The zero-order chi connectivity index (χ0) is 14.2. The minimum atomic E-state index is 0.535. The fraction of sp³-hybridized carbons (Fsp3) is 0.294. The molecule has 0 bridgehead atoms. The van der Waals surface area contributed by atoms with Crippen molar-refractivity contribution in [2.24, 2.45) is 5.73 Å². The van der Waals surface area contributed by atoms with Crippen LogP contribution in [-0.2, 0) is 6.54 Å². The van der Waals surface area contributed by atoms with Gasteiger partial charge in [-0.05, 0) is 36.2 Å². The van der Waals surface area contributed by atoms with Crippen LogP contribution in [0, 0.1) is 6.92 Å². The van der Waals surface area contributed by atoms with E-state index in [1.807, 2.05) is 55.5 Å². The Morgan fingerprint density at radius 1 is 0.950 bits per heavy atom. The number of hydrogen-bond acceptors (Lipinski definition) is 3. The molecule has 0 radical (unpaired) electrons. The van der Waals surface area contributed by atoms with Gasteiger partial charge < -0.3 is 15.2 Å². The molecule has 0 atom stereocenters. The van der Waals surface area contributed by atoms with Crippen LogP contribution in [0.1, 0.15) is 17.5 Å². The van der Waals surface area contributed by atoms with Crippen LogP contribution < -0.4 is 15.2 Å². The molecule has 2 N–H and O–H groups in total. The van der Waals surface area contributed by atoms with Crippen molar-refractivity contribution in [1.82, 2.24) is 0 Å². The topological polar surface area (TPSA) is 44.5 Å². The fourth-order valence-corrected chi connectivity index (χ4v) is 1.91. The Bertz CT molecular complexity index is 540. The number of nitrogens with two attached hydrogens (primary N) is 1. The van der Waals surface area contributed by atoms with Gasteiger partial charge in [0, 0.05) is 13.0 Å². The predicted molar refractivity (Wildman–Crippen MR) is 81.1 cm³/mol. The van der Waals surface area contributed by atoms with Crippen LogP contribution in [0.3, 0.4) is 0 Å². The quantitative estimate of drug-likeness (QED) is 0.786. The Balaban J connectivity index is 1.70.